The highest BCUT2D eigenvalue weighted by atomic mass is 16.6. The van der Waals surface area contributed by atoms with Crippen LogP contribution in [0.15, 0.2) is 22.0 Å². The van der Waals surface area contributed by atoms with E-state index in [1.807, 2.05) is 0 Å². The van der Waals surface area contributed by atoms with Crippen molar-refractivity contribution >= 4 is 5.97 Å². The highest BCUT2D eigenvalue weighted by molar-refractivity contribution is 5.66. The van der Waals surface area contributed by atoms with Crippen LogP contribution in [-0.2, 0) is 9.53 Å². The summed E-state index contributed by atoms with van der Waals surface area (Å²) in [6, 6.07) is 0. The summed E-state index contributed by atoms with van der Waals surface area (Å²) in [5.41, 5.74) is 0.376. The molecule has 2 aliphatic carbocycles. The highest BCUT2D eigenvalue weighted by Gasteiger charge is 2.35. The number of allylic oxidation sites excluding steroid dienone is 2. The normalized spacial score (nSPS) is 23.7. The van der Waals surface area contributed by atoms with Crippen LogP contribution in [0.5, 0.6) is 0 Å². The van der Waals surface area contributed by atoms with Crippen molar-refractivity contribution in [2.45, 2.75) is 70.4 Å². The largest absolute Gasteiger partial charge is 0.436 e. The molecule has 0 spiro atoms. The molecule has 0 N–H and O–H groups in total. The van der Waals surface area contributed by atoms with E-state index in [9.17, 15) is 4.79 Å². The smallest absolute Gasteiger partial charge is 0.304 e. The molecule has 0 aromatic heterocycles. The lowest BCUT2D eigenvalue weighted by Gasteiger charge is -2.31. The van der Waals surface area contributed by atoms with Gasteiger partial charge in [0.15, 0.2) is 0 Å². The van der Waals surface area contributed by atoms with E-state index in [-0.39, 0.29) is 5.97 Å². The van der Waals surface area contributed by atoms with Crippen molar-refractivity contribution in [3.63, 3.8) is 0 Å². The Bertz CT molecular complexity index is 355. The van der Waals surface area contributed by atoms with Crippen molar-refractivity contribution in [2.24, 2.45) is 10.2 Å². The second-order valence-electron chi connectivity index (χ2n) is 5.24. The zero-order chi connectivity index (χ0) is 12.8. The number of azo groups is 1. The molecule has 0 aromatic carbocycles. The van der Waals surface area contributed by atoms with Crippen molar-refractivity contribution < 1.29 is 9.53 Å². The Morgan fingerprint density at radius 1 is 1.22 bits per heavy atom. The Kier molecular flexibility index (Phi) is 4.50. The zero-order valence-electron chi connectivity index (χ0n) is 11.2. The van der Waals surface area contributed by atoms with E-state index >= 15 is 0 Å². The van der Waals surface area contributed by atoms with E-state index < -0.39 is 5.72 Å². The first-order valence-corrected chi connectivity index (χ1v) is 7.02. The second-order valence-corrected chi connectivity index (χ2v) is 5.24. The van der Waals surface area contributed by atoms with E-state index in [1.165, 1.54) is 26.2 Å². The minimum absolute atomic E-state index is 0.256. The maximum Gasteiger partial charge on any atom is 0.304 e. The molecule has 2 rings (SSSR count). The molecular weight excluding hydrogens is 228 g/mol. The molecule has 0 aromatic rings. The monoisotopic (exact) mass is 250 g/mol. The summed E-state index contributed by atoms with van der Waals surface area (Å²) in [6.45, 7) is 1.45. The Balaban J connectivity index is 2.06. The molecule has 0 atom stereocenters. The van der Waals surface area contributed by atoms with Crippen LogP contribution in [0.3, 0.4) is 0 Å². The second kappa shape index (κ2) is 6.12. The topological polar surface area (TPSA) is 51.0 Å². The summed E-state index contributed by atoms with van der Waals surface area (Å²) < 4.78 is 5.44. The number of esters is 1. The summed E-state index contributed by atoms with van der Waals surface area (Å²) in [5.74, 6) is -0.256. The van der Waals surface area contributed by atoms with Gasteiger partial charge in [-0.1, -0.05) is 12.5 Å². The fraction of sp³-hybridized carbons (Fsp3) is 0.786. The fourth-order valence-corrected chi connectivity index (χ4v) is 2.66. The van der Waals surface area contributed by atoms with Crippen molar-refractivity contribution in [2.75, 3.05) is 0 Å². The van der Waals surface area contributed by atoms with Gasteiger partial charge in [-0.05, 0) is 38.5 Å². The van der Waals surface area contributed by atoms with Gasteiger partial charge in [0, 0.05) is 19.8 Å². The molecule has 0 aliphatic heterocycles. The Morgan fingerprint density at radius 2 is 2.00 bits per heavy atom. The number of hydrogen-bond donors (Lipinski definition) is 0. The minimum atomic E-state index is -0.678. The molecular formula is C14H22N2O2. The molecule has 100 valence electrons. The average molecular weight is 250 g/mol. The van der Waals surface area contributed by atoms with E-state index in [0.29, 0.717) is 0 Å². The van der Waals surface area contributed by atoms with E-state index in [0.717, 1.165) is 44.2 Å². The Labute approximate surface area is 109 Å². The molecule has 0 amide bonds. The highest BCUT2D eigenvalue weighted by Crippen LogP contribution is 2.34. The van der Waals surface area contributed by atoms with Gasteiger partial charge in [-0.3, -0.25) is 4.79 Å². The standard InChI is InChI=1S/C14H22N2O2/c1-12(17)18-14(10-6-3-7-11-14)16-15-13-8-4-2-5-9-13/h8H,2-7,9-11H2,1H3. The van der Waals surface area contributed by atoms with Gasteiger partial charge in [0.1, 0.15) is 0 Å². The number of hydrogen-bond acceptors (Lipinski definition) is 4. The van der Waals surface area contributed by atoms with Gasteiger partial charge in [0.05, 0.1) is 5.70 Å². The van der Waals surface area contributed by atoms with Crippen LogP contribution in [0.25, 0.3) is 0 Å². The molecule has 1 fully saturated rings. The number of carbonyl (C=O) groups is 1. The average Bonchev–Trinajstić information content (AvgIpc) is 2.38. The molecule has 4 heteroatoms. The fourth-order valence-electron chi connectivity index (χ4n) is 2.66. The summed E-state index contributed by atoms with van der Waals surface area (Å²) in [7, 11) is 0. The van der Waals surface area contributed by atoms with Gasteiger partial charge >= 0.3 is 5.97 Å². The molecule has 4 nitrogen and oxygen atoms in total. The summed E-state index contributed by atoms with van der Waals surface area (Å²) in [5, 5.41) is 8.73. The molecule has 0 unspecified atom stereocenters. The molecule has 2 aliphatic rings. The van der Waals surface area contributed by atoms with Crippen LogP contribution in [0.1, 0.15) is 64.7 Å². The van der Waals surface area contributed by atoms with Crippen molar-refractivity contribution in [1.82, 2.24) is 0 Å². The predicted octanol–water partition coefficient (Wildman–Crippen LogP) is 4.12. The van der Waals surface area contributed by atoms with Crippen LogP contribution >= 0.6 is 0 Å². The van der Waals surface area contributed by atoms with Crippen molar-refractivity contribution in [3.05, 3.63) is 11.8 Å². The third-order valence-electron chi connectivity index (χ3n) is 3.60. The van der Waals surface area contributed by atoms with Gasteiger partial charge in [0.2, 0.25) is 5.72 Å². The Hall–Kier alpha value is -1.19. The van der Waals surface area contributed by atoms with Crippen LogP contribution in [-0.4, -0.2) is 11.7 Å². The maximum absolute atomic E-state index is 11.2. The minimum Gasteiger partial charge on any atom is -0.436 e. The van der Waals surface area contributed by atoms with Crippen LogP contribution < -0.4 is 0 Å². The van der Waals surface area contributed by atoms with Gasteiger partial charge in [0.25, 0.3) is 0 Å². The number of rotatable bonds is 3. The van der Waals surface area contributed by atoms with Gasteiger partial charge in [-0.2, -0.15) is 5.11 Å². The third kappa shape index (κ3) is 3.65. The quantitative estimate of drug-likeness (QED) is 0.559. The number of carbonyl (C=O) groups excluding carboxylic acids is 1. The first-order valence-electron chi connectivity index (χ1n) is 7.02. The molecule has 0 radical (unpaired) electrons. The SMILES string of the molecule is CC(=O)OC1(N=NC2=CCCCC2)CCCCC1. The van der Waals surface area contributed by atoms with E-state index in [4.69, 9.17) is 4.74 Å². The lowest BCUT2D eigenvalue weighted by atomic mass is 9.92. The summed E-state index contributed by atoms with van der Waals surface area (Å²) in [4.78, 5) is 11.2. The predicted molar refractivity (Wildman–Crippen MR) is 69.0 cm³/mol. The first-order chi connectivity index (χ1) is 8.70. The van der Waals surface area contributed by atoms with E-state index in [2.05, 4.69) is 16.3 Å². The summed E-state index contributed by atoms with van der Waals surface area (Å²) >= 11 is 0. The van der Waals surface area contributed by atoms with Crippen LogP contribution in [0, 0.1) is 0 Å². The molecule has 0 heterocycles. The van der Waals surface area contributed by atoms with E-state index in [1.54, 1.807) is 0 Å². The molecule has 0 saturated heterocycles. The van der Waals surface area contributed by atoms with Crippen LogP contribution in [0.4, 0.5) is 0 Å². The zero-order valence-corrected chi connectivity index (χ0v) is 11.2. The third-order valence-corrected chi connectivity index (χ3v) is 3.60. The van der Waals surface area contributed by atoms with Gasteiger partial charge in [-0.25, -0.2) is 0 Å². The summed E-state index contributed by atoms with van der Waals surface area (Å²) in [6.07, 6.45) is 11.6. The molecule has 18 heavy (non-hydrogen) atoms. The van der Waals surface area contributed by atoms with Crippen LogP contribution in [0.2, 0.25) is 0 Å². The molecule has 1 saturated carbocycles. The lowest BCUT2D eigenvalue weighted by molar-refractivity contribution is -0.160. The Morgan fingerprint density at radius 3 is 2.61 bits per heavy atom. The number of ether oxygens (including phenoxy) is 1. The first kappa shape index (κ1) is 13.2. The maximum atomic E-state index is 11.2. The molecule has 0 bridgehead atoms. The van der Waals surface area contributed by atoms with Crippen molar-refractivity contribution in [1.29, 1.82) is 0 Å². The number of nitrogens with zero attached hydrogens (tertiary/aromatic N) is 2. The lowest BCUT2D eigenvalue weighted by Crippen LogP contribution is -2.34. The van der Waals surface area contributed by atoms with Crippen molar-refractivity contribution in [3.8, 4) is 0 Å². The van der Waals surface area contributed by atoms with Gasteiger partial charge < -0.3 is 4.74 Å². The van der Waals surface area contributed by atoms with Gasteiger partial charge in [-0.15, -0.1) is 5.11 Å².